The fourth-order valence-corrected chi connectivity index (χ4v) is 4.27. The number of hydrogen-bond donors (Lipinski definition) is 2. The summed E-state index contributed by atoms with van der Waals surface area (Å²) in [6.07, 6.45) is 2.72. The van der Waals surface area contributed by atoms with Crippen molar-refractivity contribution in [3.63, 3.8) is 0 Å². The Hall–Kier alpha value is -4.47. The number of rotatable bonds is 7. The highest BCUT2D eigenvalue weighted by Crippen LogP contribution is 2.43. The highest BCUT2D eigenvalue weighted by molar-refractivity contribution is 6.03. The van der Waals surface area contributed by atoms with Gasteiger partial charge in [0.2, 0.25) is 11.8 Å². The quantitative estimate of drug-likeness (QED) is 0.433. The van der Waals surface area contributed by atoms with Gasteiger partial charge in [0.05, 0.1) is 37.6 Å². The second-order valence-corrected chi connectivity index (χ2v) is 8.86. The number of pyridine rings is 1. The molecular weight excluding hydrogens is 482 g/mol. The molecule has 0 saturated heterocycles. The molecule has 2 heterocycles. The lowest BCUT2D eigenvalue weighted by Crippen LogP contribution is -2.48. The summed E-state index contributed by atoms with van der Waals surface area (Å²) in [5, 5.41) is 5.88. The summed E-state index contributed by atoms with van der Waals surface area (Å²) in [6, 6.07) is 9.86. The van der Waals surface area contributed by atoms with E-state index in [0.29, 0.717) is 28.3 Å². The van der Waals surface area contributed by atoms with Crippen molar-refractivity contribution < 1.29 is 27.8 Å². The van der Waals surface area contributed by atoms with E-state index in [-0.39, 0.29) is 24.0 Å². The standard InChI is InChI=1S/C27H26F2N4O4/c1-6-22(34)32-18-10-8-7-9-17(18)31-21-11-16-15(13-30-21)14-33(26(35)27(16,2)3)25-23(28)19(36-4)12-20(37-5)24(25)29/h6-13H,1,14H2,2-5H3,(H,30,31)(H,32,34). The van der Waals surface area contributed by atoms with E-state index in [0.717, 1.165) is 17.0 Å². The molecule has 3 aromatic rings. The SMILES string of the molecule is C=CC(=O)Nc1ccccc1Nc1cc2c(cn1)CN(c1c(F)c(OC)cc(OC)c1F)C(=O)C2(C)C. The van der Waals surface area contributed by atoms with Gasteiger partial charge in [-0.3, -0.25) is 9.59 Å². The smallest absolute Gasteiger partial charge is 0.247 e. The topological polar surface area (TPSA) is 92.8 Å². The summed E-state index contributed by atoms with van der Waals surface area (Å²) in [7, 11) is 2.49. The van der Waals surface area contributed by atoms with Crippen LogP contribution in [0, 0.1) is 11.6 Å². The van der Waals surface area contributed by atoms with Crippen molar-refractivity contribution >= 4 is 34.7 Å². The van der Waals surface area contributed by atoms with Crippen LogP contribution in [-0.4, -0.2) is 31.0 Å². The van der Waals surface area contributed by atoms with E-state index in [4.69, 9.17) is 9.47 Å². The summed E-state index contributed by atoms with van der Waals surface area (Å²) in [5.74, 6) is -2.95. The van der Waals surface area contributed by atoms with E-state index < -0.39 is 28.6 Å². The van der Waals surface area contributed by atoms with Crippen LogP contribution in [0.25, 0.3) is 0 Å². The average Bonchev–Trinajstić information content (AvgIpc) is 2.88. The molecule has 2 amide bonds. The van der Waals surface area contributed by atoms with Crippen molar-refractivity contribution in [2.75, 3.05) is 29.8 Å². The Labute approximate surface area is 212 Å². The molecule has 2 N–H and O–H groups in total. The number of aromatic nitrogens is 1. The monoisotopic (exact) mass is 508 g/mol. The summed E-state index contributed by atoms with van der Waals surface area (Å²) in [5.41, 5.74) is 0.664. The molecule has 2 aromatic carbocycles. The maximum absolute atomic E-state index is 15.2. The maximum atomic E-state index is 15.2. The molecule has 4 rings (SSSR count). The summed E-state index contributed by atoms with van der Waals surface area (Å²) in [6.45, 7) is 6.70. The number of fused-ring (bicyclic) bond motifs is 1. The second kappa shape index (κ2) is 9.88. The minimum Gasteiger partial charge on any atom is -0.493 e. The summed E-state index contributed by atoms with van der Waals surface area (Å²) >= 11 is 0. The molecule has 0 unspecified atom stereocenters. The van der Waals surface area contributed by atoms with Crippen LogP contribution in [0.4, 0.5) is 31.7 Å². The highest BCUT2D eigenvalue weighted by Gasteiger charge is 2.43. The van der Waals surface area contributed by atoms with Crippen LogP contribution in [0.5, 0.6) is 11.5 Å². The van der Waals surface area contributed by atoms with E-state index in [2.05, 4.69) is 22.2 Å². The number of methoxy groups -OCH3 is 2. The summed E-state index contributed by atoms with van der Waals surface area (Å²) < 4.78 is 40.5. The number of amides is 2. The normalized spacial score (nSPS) is 14.0. The Bertz CT molecular complexity index is 1380. The molecular formula is C27H26F2N4O4. The van der Waals surface area contributed by atoms with Crippen molar-refractivity contribution in [2.24, 2.45) is 0 Å². The molecule has 8 nitrogen and oxygen atoms in total. The Balaban J connectivity index is 1.73. The molecule has 0 atom stereocenters. The molecule has 0 bridgehead atoms. The predicted octanol–water partition coefficient (Wildman–Crippen LogP) is 5.07. The van der Waals surface area contributed by atoms with Gasteiger partial charge in [0.25, 0.3) is 0 Å². The molecule has 0 spiro atoms. The van der Waals surface area contributed by atoms with Gasteiger partial charge in [0.15, 0.2) is 23.1 Å². The Morgan fingerprint density at radius 2 is 1.73 bits per heavy atom. The zero-order valence-electron chi connectivity index (χ0n) is 20.8. The molecule has 0 saturated carbocycles. The molecule has 0 radical (unpaired) electrons. The Morgan fingerprint density at radius 3 is 2.32 bits per heavy atom. The van der Waals surface area contributed by atoms with E-state index in [1.54, 1.807) is 50.4 Å². The van der Waals surface area contributed by atoms with Gasteiger partial charge in [0.1, 0.15) is 11.5 Å². The number of para-hydroxylation sites is 2. The minimum atomic E-state index is -1.15. The van der Waals surface area contributed by atoms with Gasteiger partial charge in [-0.2, -0.15) is 0 Å². The van der Waals surface area contributed by atoms with Crippen molar-refractivity contribution in [1.29, 1.82) is 0 Å². The molecule has 37 heavy (non-hydrogen) atoms. The van der Waals surface area contributed by atoms with Crippen LogP contribution >= 0.6 is 0 Å². The van der Waals surface area contributed by atoms with E-state index >= 15 is 8.78 Å². The fourth-order valence-electron chi connectivity index (χ4n) is 4.27. The van der Waals surface area contributed by atoms with Gasteiger partial charge in [-0.25, -0.2) is 13.8 Å². The van der Waals surface area contributed by atoms with Gasteiger partial charge >= 0.3 is 0 Å². The zero-order chi connectivity index (χ0) is 26.9. The van der Waals surface area contributed by atoms with Crippen molar-refractivity contribution in [1.82, 2.24) is 4.98 Å². The van der Waals surface area contributed by atoms with Crippen molar-refractivity contribution in [3.05, 3.63) is 78.0 Å². The number of benzene rings is 2. The maximum Gasteiger partial charge on any atom is 0.247 e. The highest BCUT2D eigenvalue weighted by atomic mass is 19.1. The number of anilines is 4. The van der Waals surface area contributed by atoms with Crippen LogP contribution in [0.15, 0.2) is 55.3 Å². The number of hydrogen-bond acceptors (Lipinski definition) is 6. The van der Waals surface area contributed by atoms with Gasteiger partial charge in [-0.15, -0.1) is 0 Å². The van der Waals surface area contributed by atoms with Crippen LogP contribution in [0.1, 0.15) is 25.0 Å². The predicted molar refractivity (Wildman–Crippen MR) is 136 cm³/mol. The lowest BCUT2D eigenvalue weighted by atomic mass is 9.78. The van der Waals surface area contributed by atoms with Crippen LogP contribution in [0.3, 0.4) is 0 Å². The van der Waals surface area contributed by atoms with Crippen LogP contribution in [0.2, 0.25) is 0 Å². The summed E-state index contributed by atoms with van der Waals surface area (Å²) in [4.78, 5) is 30.9. The Kier molecular flexibility index (Phi) is 6.84. The molecule has 1 aromatic heterocycles. The molecule has 0 fully saturated rings. The largest absolute Gasteiger partial charge is 0.493 e. The van der Waals surface area contributed by atoms with Gasteiger partial charge in [0, 0.05) is 12.3 Å². The first-order valence-electron chi connectivity index (χ1n) is 11.3. The number of carbonyl (C=O) groups is 2. The number of ether oxygens (including phenoxy) is 2. The van der Waals surface area contributed by atoms with Crippen molar-refractivity contribution in [3.8, 4) is 11.5 Å². The lowest BCUT2D eigenvalue weighted by molar-refractivity contribution is -0.123. The van der Waals surface area contributed by atoms with Gasteiger partial charge in [-0.1, -0.05) is 18.7 Å². The number of nitrogens with one attached hydrogen (secondary N) is 2. The first-order chi connectivity index (χ1) is 17.6. The number of nitrogens with zero attached hydrogens (tertiary/aromatic N) is 2. The van der Waals surface area contributed by atoms with Gasteiger partial charge in [-0.05, 0) is 49.2 Å². The van der Waals surface area contributed by atoms with E-state index in [1.807, 2.05) is 0 Å². The molecule has 1 aliphatic heterocycles. The third-order valence-electron chi connectivity index (χ3n) is 6.22. The minimum absolute atomic E-state index is 0.110. The molecule has 0 aliphatic carbocycles. The second-order valence-electron chi connectivity index (χ2n) is 8.86. The fraction of sp³-hybridized carbons (Fsp3) is 0.222. The third kappa shape index (κ3) is 4.57. The van der Waals surface area contributed by atoms with Crippen LogP contribution < -0.4 is 25.0 Å². The number of carbonyl (C=O) groups excluding carboxylic acids is 2. The lowest BCUT2D eigenvalue weighted by Gasteiger charge is -2.39. The van der Waals surface area contributed by atoms with E-state index in [1.165, 1.54) is 14.2 Å². The van der Waals surface area contributed by atoms with Gasteiger partial charge < -0.3 is 25.0 Å². The Morgan fingerprint density at radius 1 is 1.11 bits per heavy atom. The third-order valence-corrected chi connectivity index (χ3v) is 6.22. The van der Waals surface area contributed by atoms with Crippen LogP contribution in [-0.2, 0) is 21.5 Å². The first kappa shape index (κ1) is 25.6. The van der Waals surface area contributed by atoms with Crippen molar-refractivity contribution in [2.45, 2.75) is 25.8 Å². The number of halogens is 2. The first-order valence-corrected chi connectivity index (χ1v) is 11.3. The molecule has 10 heteroatoms. The average molecular weight is 509 g/mol. The molecule has 1 aliphatic rings. The van der Waals surface area contributed by atoms with E-state index in [9.17, 15) is 9.59 Å². The zero-order valence-corrected chi connectivity index (χ0v) is 20.8. The molecule has 192 valence electrons.